The van der Waals surface area contributed by atoms with Crippen LogP contribution in [0.4, 0.5) is 5.69 Å². The van der Waals surface area contributed by atoms with Crippen LogP contribution in [0.3, 0.4) is 0 Å². The van der Waals surface area contributed by atoms with Crippen molar-refractivity contribution in [1.29, 1.82) is 0 Å². The van der Waals surface area contributed by atoms with Crippen LogP contribution >= 0.6 is 0 Å². The number of ether oxygens (including phenoxy) is 3. The van der Waals surface area contributed by atoms with Gasteiger partial charge in [0.2, 0.25) is 5.91 Å². The average Bonchev–Trinajstić information content (AvgIpc) is 2.55. The first kappa shape index (κ1) is 14.3. The first-order valence-corrected chi connectivity index (χ1v) is 7.07. The number of carbonyl (C=O) groups excluding carboxylic acids is 1. The number of nitrogens with one attached hydrogen (secondary N) is 1. The number of carbonyl (C=O) groups is 1. The quantitative estimate of drug-likeness (QED) is 0.943. The Hall–Kier alpha value is -2.69. The molecule has 0 unspecified atom stereocenters. The Morgan fingerprint density at radius 3 is 2.55 bits per heavy atom. The van der Waals surface area contributed by atoms with E-state index in [1.807, 2.05) is 18.2 Å². The highest BCUT2D eigenvalue weighted by Gasteiger charge is 2.13. The molecule has 5 nitrogen and oxygen atoms in total. The van der Waals surface area contributed by atoms with Crippen LogP contribution in [0.5, 0.6) is 17.2 Å². The summed E-state index contributed by atoms with van der Waals surface area (Å²) in [6.07, 6.45) is 0.280. The predicted octanol–water partition coefficient (Wildman–Crippen LogP) is 2.65. The summed E-state index contributed by atoms with van der Waals surface area (Å²) < 4.78 is 16.1. The monoisotopic (exact) mass is 299 g/mol. The molecule has 0 radical (unpaired) electrons. The molecule has 2 aromatic carbocycles. The third-order valence-corrected chi connectivity index (χ3v) is 3.35. The second-order valence-corrected chi connectivity index (χ2v) is 4.93. The molecule has 1 amide bonds. The van der Waals surface area contributed by atoms with Gasteiger partial charge < -0.3 is 19.5 Å². The van der Waals surface area contributed by atoms with Gasteiger partial charge in [-0.3, -0.25) is 4.79 Å². The van der Waals surface area contributed by atoms with E-state index in [1.54, 1.807) is 31.4 Å². The van der Waals surface area contributed by atoms with E-state index < -0.39 is 0 Å². The molecule has 1 N–H and O–H groups in total. The first-order valence-electron chi connectivity index (χ1n) is 7.07. The van der Waals surface area contributed by atoms with Gasteiger partial charge in [-0.2, -0.15) is 0 Å². The fraction of sp³-hybridized carbons (Fsp3) is 0.235. The topological polar surface area (TPSA) is 56.8 Å². The summed E-state index contributed by atoms with van der Waals surface area (Å²) in [7, 11) is 1.61. The number of hydrogen-bond acceptors (Lipinski definition) is 4. The van der Waals surface area contributed by atoms with Crippen molar-refractivity contribution in [3.05, 3.63) is 48.0 Å². The fourth-order valence-electron chi connectivity index (χ4n) is 2.26. The number of methoxy groups -OCH3 is 1. The molecule has 2 aromatic rings. The van der Waals surface area contributed by atoms with Crippen LogP contribution in [0, 0.1) is 0 Å². The summed E-state index contributed by atoms with van der Waals surface area (Å²) in [5, 5.41) is 2.86. The van der Waals surface area contributed by atoms with Crippen molar-refractivity contribution in [3.63, 3.8) is 0 Å². The maximum absolute atomic E-state index is 12.1. The van der Waals surface area contributed by atoms with E-state index in [2.05, 4.69) is 5.32 Å². The summed E-state index contributed by atoms with van der Waals surface area (Å²) in [5.41, 5.74) is 1.62. The zero-order chi connectivity index (χ0) is 15.4. The molecule has 0 aliphatic carbocycles. The van der Waals surface area contributed by atoms with E-state index in [-0.39, 0.29) is 12.3 Å². The van der Waals surface area contributed by atoms with Crippen molar-refractivity contribution in [2.75, 3.05) is 25.6 Å². The molecule has 0 spiro atoms. The van der Waals surface area contributed by atoms with E-state index in [1.165, 1.54) is 0 Å². The van der Waals surface area contributed by atoms with Crippen LogP contribution in [-0.2, 0) is 11.2 Å². The molecule has 114 valence electrons. The van der Waals surface area contributed by atoms with Crippen LogP contribution in [0.2, 0.25) is 0 Å². The Balaban J connectivity index is 1.63. The van der Waals surface area contributed by atoms with Crippen molar-refractivity contribution < 1.29 is 19.0 Å². The predicted molar refractivity (Wildman–Crippen MR) is 82.8 cm³/mol. The summed E-state index contributed by atoms with van der Waals surface area (Å²) in [5.74, 6) is 2.10. The van der Waals surface area contributed by atoms with Gasteiger partial charge in [0.15, 0.2) is 11.5 Å². The summed E-state index contributed by atoms with van der Waals surface area (Å²) in [4.78, 5) is 12.1. The maximum atomic E-state index is 12.1. The number of fused-ring (bicyclic) bond motifs is 1. The largest absolute Gasteiger partial charge is 0.497 e. The summed E-state index contributed by atoms with van der Waals surface area (Å²) in [6.45, 7) is 1.10. The molecule has 5 heteroatoms. The lowest BCUT2D eigenvalue weighted by molar-refractivity contribution is -0.115. The van der Waals surface area contributed by atoms with E-state index >= 15 is 0 Å². The number of anilines is 1. The molecular formula is C17H17NO4. The molecule has 22 heavy (non-hydrogen) atoms. The molecule has 1 heterocycles. The maximum Gasteiger partial charge on any atom is 0.228 e. The Morgan fingerprint density at radius 2 is 1.82 bits per heavy atom. The molecule has 0 fully saturated rings. The highest BCUT2D eigenvalue weighted by Crippen LogP contribution is 2.30. The van der Waals surface area contributed by atoms with Gasteiger partial charge in [0, 0.05) is 5.69 Å². The Labute approximate surface area is 128 Å². The molecule has 1 aliphatic rings. The third kappa shape index (κ3) is 3.31. The highest BCUT2D eigenvalue weighted by atomic mass is 16.6. The van der Waals surface area contributed by atoms with E-state index in [4.69, 9.17) is 14.2 Å². The minimum Gasteiger partial charge on any atom is -0.497 e. The van der Waals surface area contributed by atoms with Gasteiger partial charge >= 0.3 is 0 Å². The number of hydrogen-bond donors (Lipinski definition) is 1. The molecule has 0 aromatic heterocycles. The molecule has 0 saturated carbocycles. The smallest absolute Gasteiger partial charge is 0.228 e. The van der Waals surface area contributed by atoms with E-state index in [0.29, 0.717) is 19.0 Å². The second kappa shape index (κ2) is 6.39. The normalized spacial score (nSPS) is 12.6. The van der Waals surface area contributed by atoms with Gasteiger partial charge in [-0.1, -0.05) is 6.07 Å². The zero-order valence-electron chi connectivity index (χ0n) is 12.3. The van der Waals surface area contributed by atoms with Crippen LogP contribution in [0.1, 0.15) is 5.56 Å². The number of amides is 1. The van der Waals surface area contributed by atoms with Crippen LogP contribution in [0.15, 0.2) is 42.5 Å². The standard InChI is InChI=1S/C17H17NO4/c1-20-14-5-3-13(4-6-14)18-17(19)11-12-2-7-15-16(10-12)22-9-8-21-15/h2-7,10H,8-9,11H2,1H3,(H,18,19). The zero-order valence-corrected chi connectivity index (χ0v) is 12.3. The molecule has 3 rings (SSSR count). The van der Waals surface area contributed by atoms with Crippen LogP contribution in [0.25, 0.3) is 0 Å². The van der Waals surface area contributed by atoms with Crippen LogP contribution < -0.4 is 19.5 Å². The van der Waals surface area contributed by atoms with Crippen molar-refractivity contribution >= 4 is 11.6 Å². The van der Waals surface area contributed by atoms with Crippen molar-refractivity contribution in [3.8, 4) is 17.2 Å². The summed E-state index contributed by atoms with van der Waals surface area (Å²) in [6, 6.07) is 12.8. The SMILES string of the molecule is COc1ccc(NC(=O)Cc2ccc3c(c2)OCCO3)cc1. The van der Waals surface area contributed by atoms with Gasteiger partial charge in [-0.25, -0.2) is 0 Å². The highest BCUT2D eigenvalue weighted by molar-refractivity contribution is 5.92. The lowest BCUT2D eigenvalue weighted by Gasteiger charge is -2.18. The average molecular weight is 299 g/mol. The third-order valence-electron chi connectivity index (χ3n) is 3.35. The van der Waals surface area contributed by atoms with Gasteiger partial charge in [0.1, 0.15) is 19.0 Å². The second-order valence-electron chi connectivity index (χ2n) is 4.93. The number of rotatable bonds is 4. The Kier molecular flexibility index (Phi) is 4.14. The van der Waals surface area contributed by atoms with Gasteiger partial charge in [-0.05, 0) is 42.0 Å². The lowest BCUT2D eigenvalue weighted by atomic mass is 10.1. The molecule has 0 saturated heterocycles. The van der Waals surface area contributed by atoms with Gasteiger partial charge in [0.05, 0.1) is 13.5 Å². The van der Waals surface area contributed by atoms with Crippen LogP contribution in [-0.4, -0.2) is 26.2 Å². The molecule has 1 aliphatic heterocycles. The Bertz CT molecular complexity index is 667. The van der Waals surface area contributed by atoms with Crippen molar-refractivity contribution in [2.45, 2.75) is 6.42 Å². The molecule has 0 bridgehead atoms. The minimum atomic E-state index is -0.0816. The number of benzene rings is 2. The van der Waals surface area contributed by atoms with E-state index in [9.17, 15) is 4.79 Å². The van der Waals surface area contributed by atoms with E-state index in [0.717, 1.165) is 22.7 Å². The van der Waals surface area contributed by atoms with Gasteiger partial charge in [0.25, 0.3) is 0 Å². The molecular weight excluding hydrogens is 282 g/mol. The molecule has 0 atom stereocenters. The lowest BCUT2D eigenvalue weighted by Crippen LogP contribution is -2.17. The fourth-order valence-corrected chi connectivity index (χ4v) is 2.26. The Morgan fingerprint density at radius 1 is 1.09 bits per heavy atom. The van der Waals surface area contributed by atoms with Crippen molar-refractivity contribution in [1.82, 2.24) is 0 Å². The van der Waals surface area contributed by atoms with Gasteiger partial charge in [-0.15, -0.1) is 0 Å². The van der Waals surface area contributed by atoms with Crippen molar-refractivity contribution in [2.24, 2.45) is 0 Å². The summed E-state index contributed by atoms with van der Waals surface area (Å²) >= 11 is 0. The first-order chi connectivity index (χ1) is 10.7. The minimum absolute atomic E-state index is 0.0816.